The second-order valence-corrected chi connectivity index (χ2v) is 4.58. The van der Waals surface area contributed by atoms with E-state index >= 15 is 0 Å². The number of H-pyrrole nitrogens is 1. The lowest BCUT2D eigenvalue weighted by atomic mass is 10.0. The van der Waals surface area contributed by atoms with E-state index in [1.54, 1.807) is 12.3 Å². The Morgan fingerprint density at radius 1 is 1.15 bits per heavy atom. The number of nitrogen functional groups attached to an aromatic ring is 1. The van der Waals surface area contributed by atoms with E-state index in [1.807, 2.05) is 31.2 Å². The molecule has 0 aliphatic rings. The lowest BCUT2D eigenvalue weighted by Crippen LogP contribution is -2.02. The van der Waals surface area contributed by atoms with Crippen LogP contribution < -0.4 is 11.3 Å². The summed E-state index contributed by atoms with van der Waals surface area (Å²) < 4.78 is 5.29. The molecule has 20 heavy (non-hydrogen) atoms. The molecule has 3 rings (SSSR count). The molecule has 0 fully saturated rings. The van der Waals surface area contributed by atoms with Gasteiger partial charge in [0.15, 0.2) is 11.6 Å². The minimum Gasteiger partial charge on any atom is -0.380 e. The molecular weight excluding hydrogens is 254 g/mol. The number of nitrogens with zero attached hydrogens (tertiary/aromatic N) is 1. The Labute approximate surface area is 115 Å². The summed E-state index contributed by atoms with van der Waals surface area (Å²) in [6, 6.07) is 11.1. The van der Waals surface area contributed by atoms with Crippen LogP contribution in [0.15, 0.2) is 51.9 Å². The average Bonchev–Trinajstić information content (AvgIpc) is 2.82. The van der Waals surface area contributed by atoms with E-state index in [9.17, 15) is 4.79 Å². The van der Waals surface area contributed by atoms with Crippen molar-refractivity contribution in [2.45, 2.75) is 6.92 Å². The molecule has 0 unspecified atom stereocenters. The highest BCUT2D eigenvalue weighted by Gasteiger charge is 2.17. The molecule has 5 heteroatoms. The average molecular weight is 267 g/mol. The first-order valence-corrected chi connectivity index (χ1v) is 6.16. The molecule has 0 saturated carbocycles. The molecule has 0 bridgehead atoms. The van der Waals surface area contributed by atoms with Crippen LogP contribution in [0.25, 0.3) is 22.5 Å². The fourth-order valence-corrected chi connectivity index (χ4v) is 2.08. The zero-order valence-corrected chi connectivity index (χ0v) is 10.9. The van der Waals surface area contributed by atoms with Crippen LogP contribution in [0, 0.1) is 6.92 Å². The second kappa shape index (κ2) is 4.70. The SMILES string of the molecule is Cc1ccc(-c2c(N)noc2-c2cc[nH]c(=O)c2)cc1. The normalized spacial score (nSPS) is 10.7. The van der Waals surface area contributed by atoms with Crippen molar-refractivity contribution in [3.05, 3.63) is 58.5 Å². The van der Waals surface area contributed by atoms with E-state index in [0.717, 1.165) is 11.1 Å². The monoisotopic (exact) mass is 267 g/mol. The first kappa shape index (κ1) is 12.2. The van der Waals surface area contributed by atoms with Crippen molar-refractivity contribution in [1.29, 1.82) is 0 Å². The number of rotatable bonds is 2. The van der Waals surface area contributed by atoms with Crippen molar-refractivity contribution in [2.75, 3.05) is 5.73 Å². The van der Waals surface area contributed by atoms with Crippen LogP contribution in [0.1, 0.15) is 5.56 Å². The van der Waals surface area contributed by atoms with Crippen LogP contribution in [-0.4, -0.2) is 10.1 Å². The lowest BCUT2D eigenvalue weighted by molar-refractivity contribution is 0.436. The van der Waals surface area contributed by atoms with Gasteiger partial charge >= 0.3 is 0 Å². The highest BCUT2D eigenvalue weighted by molar-refractivity contribution is 5.86. The molecule has 0 amide bonds. The zero-order valence-electron chi connectivity index (χ0n) is 10.9. The summed E-state index contributed by atoms with van der Waals surface area (Å²) in [7, 11) is 0. The fraction of sp³-hybridized carbons (Fsp3) is 0.0667. The van der Waals surface area contributed by atoms with Gasteiger partial charge in [0.25, 0.3) is 0 Å². The molecule has 0 saturated heterocycles. The minimum atomic E-state index is -0.202. The third-order valence-corrected chi connectivity index (χ3v) is 3.10. The quantitative estimate of drug-likeness (QED) is 0.747. The molecule has 2 aromatic heterocycles. The van der Waals surface area contributed by atoms with Gasteiger partial charge in [0.05, 0.1) is 5.56 Å². The van der Waals surface area contributed by atoms with Gasteiger partial charge in [-0.3, -0.25) is 4.79 Å². The number of aromatic amines is 1. The van der Waals surface area contributed by atoms with Crippen molar-refractivity contribution in [1.82, 2.24) is 10.1 Å². The van der Waals surface area contributed by atoms with Crippen LogP contribution in [0.2, 0.25) is 0 Å². The van der Waals surface area contributed by atoms with Crippen molar-refractivity contribution in [3.8, 4) is 22.5 Å². The number of hydrogen-bond donors (Lipinski definition) is 2. The lowest BCUT2D eigenvalue weighted by Gasteiger charge is -2.03. The fourth-order valence-electron chi connectivity index (χ4n) is 2.08. The highest BCUT2D eigenvalue weighted by atomic mass is 16.5. The number of pyridine rings is 1. The Morgan fingerprint density at radius 2 is 1.90 bits per heavy atom. The molecule has 100 valence electrons. The Morgan fingerprint density at radius 3 is 2.60 bits per heavy atom. The van der Waals surface area contributed by atoms with Crippen molar-refractivity contribution < 1.29 is 4.52 Å². The van der Waals surface area contributed by atoms with Crippen LogP contribution in [0.4, 0.5) is 5.82 Å². The van der Waals surface area contributed by atoms with E-state index in [1.165, 1.54) is 6.07 Å². The largest absolute Gasteiger partial charge is 0.380 e. The van der Waals surface area contributed by atoms with Gasteiger partial charge in [-0.05, 0) is 18.6 Å². The van der Waals surface area contributed by atoms with Crippen molar-refractivity contribution in [2.24, 2.45) is 0 Å². The van der Waals surface area contributed by atoms with Gasteiger partial charge in [0.1, 0.15) is 0 Å². The Hall–Kier alpha value is -2.82. The molecule has 0 atom stereocenters. The van der Waals surface area contributed by atoms with Gasteiger partial charge in [0.2, 0.25) is 5.56 Å². The van der Waals surface area contributed by atoms with Gasteiger partial charge in [0, 0.05) is 17.8 Å². The van der Waals surface area contributed by atoms with E-state index < -0.39 is 0 Å². The summed E-state index contributed by atoms with van der Waals surface area (Å²) >= 11 is 0. The number of benzene rings is 1. The van der Waals surface area contributed by atoms with Gasteiger partial charge < -0.3 is 15.2 Å². The number of aromatic nitrogens is 2. The Kier molecular flexibility index (Phi) is 2.87. The summed E-state index contributed by atoms with van der Waals surface area (Å²) in [4.78, 5) is 14.0. The van der Waals surface area contributed by atoms with Crippen molar-refractivity contribution >= 4 is 5.82 Å². The predicted molar refractivity (Wildman–Crippen MR) is 77.1 cm³/mol. The third kappa shape index (κ3) is 2.09. The molecule has 1 aromatic carbocycles. The van der Waals surface area contributed by atoms with Gasteiger partial charge in [-0.25, -0.2) is 0 Å². The topological polar surface area (TPSA) is 84.9 Å². The molecule has 3 aromatic rings. The van der Waals surface area contributed by atoms with E-state index in [4.69, 9.17) is 10.3 Å². The highest BCUT2D eigenvalue weighted by Crippen LogP contribution is 2.35. The summed E-state index contributed by atoms with van der Waals surface area (Å²) in [6.07, 6.45) is 1.56. The maximum atomic E-state index is 11.4. The minimum absolute atomic E-state index is 0.202. The van der Waals surface area contributed by atoms with E-state index in [0.29, 0.717) is 22.7 Å². The summed E-state index contributed by atoms with van der Waals surface area (Å²) in [5, 5.41) is 3.81. The number of aryl methyl sites for hydroxylation is 1. The van der Waals surface area contributed by atoms with Crippen LogP contribution in [0.5, 0.6) is 0 Å². The molecule has 0 radical (unpaired) electrons. The summed E-state index contributed by atoms with van der Waals surface area (Å²) in [5.41, 5.74) is 9.11. The molecule has 0 aliphatic carbocycles. The third-order valence-electron chi connectivity index (χ3n) is 3.10. The Bertz CT molecular complexity index is 800. The van der Waals surface area contributed by atoms with Crippen LogP contribution in [0.3, 0.4) is 0 Å². The molecule has 0 spiro atoms. The number of nitrogens with two attached hydrogens (primary N) is 1. The number of nitrogens with one attached hydrogen (secondary N) is 1. The van der Waals surface area contributed by atoms with Crippen LogP contribution in [-0.2, 0) is 0 Å². The first-order valence-electron chi connectivity index (χ1n) is 6.16. The molecule has 0 aliphatic heterocycles. The van der Waals surface area contributed by atoms with Gasteiger partial charge in [-0.1, -0.05) is 35.0 Å². The number of hydrogen-bond acceptors (Lipinski definition) is 4. The summed E-state index contributed by atoms with van der Waals surface area (Å²) in [5.74, 6) is 0.807. The molecule has 5 nitrogen and oxygen atoms in total. The second-order valence-electron chi connectivity index (χ2n) is 4.58. The van der Waals surface area contributed by atoms with Gasteiger partial charge in [-0.2, -0.15) is 0 Å². The standard InChI is InChI=1S/C15H13N3O2/c1-9-2-4-10(5-3-9)13-14(20-18-15(13)16)11-6-7-17-12(19)8-11/h2-8H,1H3,(H2,16,18)(H,17,19). The predicted octanol–water partition coefficient (Wildman–Crippen LogP) is 2.59. The zero-order chi connectivity index (χ0) is 14.1. The smallest absolute Gasteiger partial charge is 0.248 e. The number of anilines is 1. The maximum absolute atomic E-state index is 11.4. The van der Waals surface area contributed by atoms with E-state index in [2.05, 4.69) is 10.1 Å². The maximum Gasteiger partial charge on any atom is 0.248 e. The summed E-state index contributed by atoms with van der Waals surface area (Å²) in [6.45, 7) is 2.01. The van der Waals surface area contributed by atoms with Gasteiger partial charge in [-0.15, -0.1) is 0 Å². The van der Waals surface area contributed by atoms with E-state index in [-0.39, 0.29) is 5.56 Å². The Balaban J connectivity index is 2.19. The molecule has 3 N–H and O–H groups in total. The molecular formula is C15H13N3O2. The van der Waals surface area contributed by atoms with Crippen LogP contribution >= 0.6 is 0 Å². The molecule has 2 heterocycles. The van der Waals surface area contributed by atoms with Crippen molar-refractivity contribution in [3.63, 3.8) is 0 Å². The first-order chi connectivity index (χ1) is 9.65.